The number of nitrogens with zero attached hydrogens (tertiary/aromatic N) is 1. The van der Waals surface area contributed by atoms with Gasteiger partial charge in [0.15, 0.2) is 12.2 Å². The smallest absolute Gasteiger partial charge is 0.347 e. The molecule has 1 aliphatic rings. The molecule has 15 heteroatoms. The normalized spacial score (nSPS) is 17.8. The van der Waals surface area contributed by atoms with Crippen molar-refractivity contribution in [2.24, 2.45) is 17.6 Å². The fraction of sp³-hybridized carbons (Fsp3) is 0.720. The number of likely N-dealkylation sites (tertiary alicyclic amines) is 1. The first-order valence-corrected chi connectivity index (χ1v) is 13.1. The van der Waals surface area contributed by atoms with Gasteiger partial charge in [-0.15, -0.1) is 0 Å². The van der Waals surface area contributed by atoms with Gasteiger partial charge in [0.25, 0.3) is 0 Å². The molecule has 0 spiro atoms. The van der Waals surface area contributed by atoms with Crippen molar-refractivity contribution in [3.05, 3.63) is 0 Å². The Hall–Kier alpha value is -3.75. The van der Waals surface area contributed by atoms with E-state index in [1.165, 1.54) is 11.8 Å². The van der Waals surface area contributed by atoms with Crippen molar-refractivity contribution < 1.29 is 48.1 Å². The third-order valence-corrected chi connectivity index (χ3v) is 6.20. The Morgan fingerprint density at radius 2 is 1.45 bits per heavy atom. The minimum atomic E-state index is -1.43. The van der Waals surface area contributed by atoms with Gasteiger partial charge in [-0.25, -0.2) is 14.4 Å². The number of hydrogen-bond donors (Lipinski definition) is 5. The van der Waals surface area contributed by atoms with Gasteiger partial charge in [0.05, 0.1) is 13.1 Å². The quantitative estimate of drug-likeness (QED) is 0.147. The summed E-state index contributed by atoms with van der Waals surface area (Å²) in [5, 5.41) is 16.4. The number of esters is 2. The zero-order chi connectivity index (χ0) is 30.7. The van der Waals surface area contributed by atoms with Gasteiger partial charge in [0, 0.05) is 6.54 Å². The Kier molecular flexibility index (Phi) is 13.5. The van der Waals surface area contributed by atoms with Crippen molar-refractivity contribution in [2.45, 2.75) is 84.7 Å². The zero-order valence-corrected chi connectivity index (χ0v) is 23.7. The van der Waals surface area contributed by atoms with Crippen LogP contribution in [0.1, 0.15) is 54.4 Å². The summed E-state index contributed by atoms with van der Waals surface area (Å²) in [6.07, 6.45) is -2.10. The van der Waals surface area contributed by atoms with Crippen LogP contribution in [0.2, 0.25) is 0 Å². The summed E-state index contributed by atoms with van der Waals surface area (Å²) in [5.41, 5.74) is 5.29. The van der Waals surface area contributed by atoms with Crippen LogP contribution in [-0.4, -0.2) is 102 Å². The summed E-state index contributed by atoms with van der Waals surface area (Å²) in [5.74, 6) is -6.25. The van der Waals surface area contributed by atoms with E-state index < -0.39 is 78.4 Å². The first-order valence-electron chi connectivity index (χ1n) is 13.1. The first-order chi connectivity index (χ1) is 18.6. The van der Waals surface area contributed by atoms with Gasteiger partial charge in [-0.1, -0.05) is 27.7 Å². The van der Waals surface area contributed by atoms with Crippen LogP contribution < -0.4 is 21.7 Å². The maximum atomic E-state index is 13.4. The molecule has 0 aromatic rings. The van der Waals surface area contributed by atoms with E-state index in [4.69, 9.17) is 20.3 Å². The van der Waals surface area contributed by atoms with Crippen molar-refractivity contribution in [3.63, 3.8) is 0 Å². The fourth-order valence-electron chi connectivity index (χ4n) is 3.86. The van der Waals surface area contributed by atoms with Gasteiger partial charge in [-0.05, 0) is 38.5 Å². The Balaban J connectivity index is 2.82. The Morgan fingerprint density at radius 1 is 0.875 bits per heavy atom. The fourth-order valence-corrected chi connectivity index (χ4v) is 3.86. The summed E-state index contributed by atoms with van der Waals surface area (Å²) in [7, 11) is 0. The van der Waals surface area contributed by atoms with Crippen LogP contribution in [0.3, 0.4) is 0 Å². The summed E-state index contributed by atoms with van der Waals surface area (Å²) in [4.78, 5) is 87.1. The Morgan fingerprint density at radius 3 is 1.98 bits per heavy atom. The number of amides is 4. The lowest BCUT2D eigenvalue weighted by molar-refractivity contribution is -0.177. The second-order valence-electron chi connectivity index (χ2n) is 10.2. The van der Waals surface area contributed by atoms with E-state index in [0.29, 0.717) is 6.42 Å². The molecule has 1 saturated heterocycles. The van der Waals surface area contributed by atoms with Gasteiger partial charge < -0.3 is 41.2 Å². The van der Waals surface area contributed by atoms with Crippen LogP contribution in [0.15, 0.2) is 0 Å². The van der Waals surface area contributed by atoms with Crippen LogP contribution in [0, 0.1) is 11.8 Å². The number of nitrogens with two attached hydrogens (primary N) is 1. The number of carboxylic acids is 1. The van der Waals surface area contributed by atoms with Crippen LogP contribution in [-0.2, 0) is 43.0 Å². The van der Waals surface area contributed by atoms with Crippen molar-refractivity contribution in [3.8, 4) is 0 Å². The molecule has 0 bridgehead atoms. The molecule has 1 rings (SSSR count). The molecule has 0 aliphatic carbocycles. The van der Waals surface area contributed by atoms with Crippen molar-refractivity contribution in [1.82, 2.24) is 20.9 Å². The second kappa shape index (κ2) is 15.7. The number of carbonyl (C=O) groups excluding carboxylic acids is 6. The van der Waals surface area contributed by atoms with E-state index in [9.17, 15) is 33.6 Å². The molecule has 226 valence electrons. The van der Waals surface area contributed by atoms with Crippen molar-refractivity contribution >= 4 is 41.5 Å². The third-order valence-electron chi connectivity index (χ3n) is 6.20. The number of ether oxygens (including phenoxy) is 2. The maximum Gasteiger partial charge on any atom is 0.347 e. The highest BCUT2D eigenvalue weighted by atomic mass is 16.6. The number of carbonyl (C=O) groups is 7. The highest BCUT2D eigenvalue weighted by Crippen LogP contribution is 2.22. The molecular weight excluding hydrogens is 530 g/mol. The molecule has 5 unspecified atom stereocenters. The van der Waals surface area contributed by atoms with E-state index in [2.05, 4.69) is 16.0 Å². The average molecular weight is 572 g/mol. The highest BCUT2D eigenvalue weighted by molar-refractivity contribution is 5.94. The summed E-state index contributed by atoms with van der Waals surface area (Å²) >= 11 is 0. The molecule has 0 radical (unpaired) electrons. The summed E-state index contributed by atoms with van der Waals surface area (Å²) in [6, 6.07) is -2.96. The van der Waals surface area contributed by atoms with E-state index in [0.717, 1.165) is 6.92 Å². The van der Waals surface area contributed by atoms with Crippen LogP contribution in [0.4, 0.5) is 0 Å². The standard InChI is InChI=1S/C25H41N5O10/c1-12(2)19(28-17(31)10-26)21(33)27-11-18(32)29-20(13(3)4)22(34)30-9-7-8-16(30)25(38)40-15(6)24(37)39-14(5)23(35)36/h12-16,19-20H,7-11,26H2,1-6H3,(H,27,33)(H,28,31)(H,29,32)(H,35,36). The van der Waals surface area contributed by atoms with Crippen molar-refractivity contribution in [2.75, 3.05) is 19.6 Å². The van der Waals surface area contributed by atoms with Gasteiger partial charge in [-0.3, -0.25) is 19.2 Å². The second-order valence-corrected chi connectivity index (χ2v) is 10.2. The lowest BCUT2D eigenvalue weighted by atomic mass is 10.0. The molecule has 1 heterocycles. The molecule has 0 aromatic heterocycles. The van der Waals surface area contributed by atoms with Gasteiger partial charge in [-0.2, -0.15) is 0 Å². The lowest BCUT2D eigenvalue weighted by Crippen LogP contribution is -2.56. The SMILES string of the molecule is CC(OC(=O)C(C)OC(=O)C1CCCN1C(=O)C(NC(=O)CNC(=O)C(NC(=O)CN)C(C)C)C(C)C)C(=O)O. The van der Waals surface area contributed by atoms with Crippen LogP contribution in [0.5, 0.6) is 0 Å². The molecular formula is C25H41N5O10. The first kappa shape index (κ1) is 34.3. The number of rotatable bonds is 14. The summed E-state index contributed by atoms with van der Waals surface area (Å²) in [6.45, 7) is 8.66. The molecule has 40 heavy (non-hydrogen) atoms. The lowest BCUT2D eigenvalue weighted by Gasteiger charge is -2.30. The Bertz CT molecular complexity index is 970. The molecule has 0 saturated carbocycles. The van der Waals surface area contributed by atoms with Crippen molar-refractivity contribution in [1.29, 1.82) is 0 Å². The summed E-state index contributed by atoms with van der Waals surface area (Å²) < 4.78 is 9.86. The maximum absolute atomic E-state index is 13.4. The number of carboxylic acid groups (broad SMARTS) is 1. The van der Waals surface area contributed by atoms with Crippen LogP contribution >= 0.6 is 0 Å². The monoisotopic (exact) mass is 571 g/mol. The molecule has 5 atom stereocenters. The molecule has 6 N–H and O–H groups in total. The number of hydrogen-bond acceptors (Lipinski definition) is 10. The molecule has 1 aliphatic heterocycles. The average Bonchev–Trinajstić information content (AvgIpc) is 3.38. The topological polar surface area (TPSA) is 224 Å². The van der Waals surface area contributed by atoms with Gasteiger partial charge in [0.1, 0.15) is 18.1 Å². The molecule has 1 fully saturated rings. The van der Waals surface area contributed by atoms with E-state index in [-0.39, 0.29) is 31.3 Å². The highest BCUT2D eigenvalue weighted by Gasteiger charge is 2.40. The molecule has 15 nitrogen and oxygen atoms in total. The predicted octanol–water partition coefficient (Wildman–Crippen LogP) is -1.72. The van der Waals surface area contributed by atoms with Crippen LogP contribution in [0.25, 0.3) is 0 Å². The third kappa shape index (κ3) is 10.1. The Labute approximate surface area is 232 Å². The van der Waals surface area contributed by atoms with E-state index >= 15 is 0 Å². The van der Waals surface area contributed by atoms with Gasteiger partial charge >= 0.3 is 17.9 Å². The zero-order valence-electron chi connectivity index (χ0n) is 23.7. The van der Waals surface area contributed by atoms with Gasteiger partial charge in [0.2, 0.25) is 23.6 Å². The predicted molar refractivity (Wildman–Crippen MR) is 139 cm³/mol. The van der Waals surface area contributed by atoms with E-state index in [1.807, 2.05) is 0 Å². The largest absolute Gasteiger partial charge is 0.479 e. The minimum Gasteiger partial charge on any atom is -0.479 e. The minimum absolute atomic E-state index is 0.209. The number of aliphatic carboxylic acids is 1. The molecule has 4 amide bonds. The molecule has 0 aromatic carbocycles. The van der Waals surface area contributed by atoms with E-state index in [1.54, 1.807) is 27.7 Å². The number of nitrogens with one attached hydrogen (secondary N) is 3.